The molecule has 0 saturated heterocycles. The van der Waals surface area contributed by atoms with Gasteiger partial charge in [0, 0.05) is 18.5 Å². The summed E-state index contributed by atoms with van der Waals surface area (Å²) in [5.41, 5.74) is -0.994. The van der Waals surface area contributed by atoms with E-state index in [2.05, 4.69) is 42.9 Å². The highest BCUT2D eigenvalue weighted by molar-refractivity contribution is 14.0. The molecule has 0 aliphatic rings. The second-order valence-corrected chi connectivity index (χ2v) is 9.54. The Morgan fingerprint density at radius 1 is 1.24 bits per heavy atom. The maximum Gasteiger partial charge on any atom is 0.408 e. The van der Waals surface area contributed by atoms with Gasteiger partial charge in [-0.15, -0.1) is 35.3 Å². The molecule has 0 radical (unpaired) electrons. The average molecular weight is 547 g/mol. The summed E-state index contributed by atoms with van der Waals surface area (Å²) in [6.07, 6.45) is -0.430. The maximum atomic E-state index is 11.9. The second-order valence-electron chi connectivity index (χ2n) is 7.00. The minimum atomic E-state index is -0.514. The van der Waals surface area contributed by atoms with Gasteiger partial charge >= 0.3 is 6.09 Å². The molecule has 0 fully saturated rings. The number of guanidine groups is 1. The van der Waals surface area contributed by atoms with Gasteiger partial charge in [-0.25, -0.2) is 4.79 Å². The summed E-state index contributed by atoms with van der Waals surface area (Å²) >= 11 is 5.12. The molecule has 3 N–H and O–H groups in total. The van der Waals surface area contributed by atoms with Crippen LogP contribution in [-0.2, 0) is 11.3 Å². The standard InChI is InChI=1S/C16H27BrN4O2S.HI/c1-15(2,3)23-14(22)21-16(4,5)10-20-13(18-6)19-9-11-7-8-12(17)24-11;/h7-8H,9-10H2,1-6H3,(H,21,22)(H2,18,19,20);1H. The number of nitrogens with zero attached hydrogens (tertiary/aromatic N) is 1. The number of carbonyl (C=O) groups is 1. The molecule has 1 rings (SSSR count). The first-order valence-electron chi connectivity index (χ1n) is 7.71. The monoisotopic (exact) mass is 546 g/mol. The molecule has 0 spiro atoms. The van der Waals surface area contributed by atoms with Crippen LogP contribution < -0.4 is 16.0 Å². The van der Waals surface area contributed by atoms with Gasteiger partial charge in [0.25, 0.3) is 0 Å². The van der Waals surface area contributed by atoms with Gasteiger partial charge in [0.1, 0.15) is 5.60 Å². The molecule has 1 amide bonds. The van der Waals surface area contributed by atoms with Crippen molar-refractivity contribution in [2.24, 2.45) is 4.99 Å². The number of hydrogen-bond acceptors (Lipinski definition) is 4. The number of ether oxygens (including phenoxy) is 1. The molecular weight excluding hydrogens is 519 g/mol. The van der Waals surface area contributed by atoms with Crippen molar-refractivity contribution in [1.29, 1.82) is 0 Å². The van der Waals surface area contributed by atoms with Crippen LogP contribution in [0, 0.1) is 0 Å². The van der Waals surface area contributed by atoms with E-state index in [1.807, 2.05) is 40.7 Å². The Morgan fingerprint density at radius 3 is 2.36 bits per heavy atom. The van der Waals surface area contributed by atoms with E-state index < -0.39 is 17.2 Å². The van der Waals surface area contributed by atoms with Gasteiger partial charge in [0.15, 0.2) is 5.96 Å². The molecule has 25 heavy (non-hydrogen) atoms. The van der Waals surface area contributed by atoms with Crippen LogP contribution in [-0.4, -0.2) is 36.8 Å². The molecule has 0 aliphatic heterocycles. The fourth-order valence-electron chi connectivity index (χ4n) is 1.77. The molecule has 6 nitrogen and oxygen atoms in total. The molecule has 0 aromatic carbocycles. The Morgan fingerprint density at radius 2 is 1.88 bits per heavy atom. The quantitative estimate of drug-likeness (QED) is 0.295. The molecule has 0 unspecified atom stereocenters. The highest BCUT2D eigenvalue weighted by Crippen LogP contribution is 2.21. The van der Waals surface area contributed by atoms with Crippen molar-refractivity contribution in [3.63, 3.8) is 0 Å². The smallest absolute Gasteiger partial charge is 0.408 e. The minimum Gasteiger partial charge on any atom is -0.444 e. The zero-order valence-corrected chi connectivity index (χ0v) is 20.3. The van der Waals surface area contributed by atoms with Gasteiger partial charge < -0.3 is 20.7 Å². The third-order valence-electron chi connectivity index (χ3n) is 2.82. The molecule has 0 aliphatic carbocycles. The van der Waals surface area contributed by atoms with Crippen LogP contribution in [0.3, 0.4) is 0 Å². The van der Waals surface area contributed by atoms with Gasteiger partial charge in [0.05, 0.1) is 15.9 Å². The highest BCUT2D eigenvalue weighted by Gasteiger charge is 2.24. The molecule has 144 valence electrons. The number of nitrogens with one attached hydrogen (secondary N) is 3. The summed E-state index contributed by atoms with van der Waals surface area (Å²) in [5, 5.41) is 9.32. The van der Waals surface area contributed by atoms with Crippen molar-refractivity contribution in [3.8, 4) is 0 Å². The molecule has 1 aromatic rings. The lowest BCUT2D eigenvalue weighted by Gasteiger charge is -2.29. The van der Waals surface area contributed by atoms with Crippen molar-refractivity contribution in [2.75, 3.05) is 13.6 Å². The third kappa shape index (κ3) is 10.9. The van der Waals surface area contributed by atoms with E-state index in [0.29, 0.717) is 19.0 Å². The molecule has 0 bridgehead atoms. The Bertz CT molecular complexity index is 585. The number of alkyl carbamates (subject to hydrolysis) is 1. The van der Waals surface area contributed by atoms with Crippen LogP contribution in [0.25, 0.3) is 0 Å². The van der Waals surface area contributed by atoms with Crippen molar-refractivity contribution < 1.29 is 9.53 Å². The first kappa shape index (κ1) is 24.5. The summed E-state index contributed by atoms with van der Waals surface area (Å²) in [6.45, 7) is 10.6. The maximum absolute atomic E-state index is 11.9. The van der Waals surface area contributed by atoms with Crippen LogP contribution in [0.15, 0.2) is 20.9 Å². The Hall–Kier alpha value is -0.550. The van der Waals surface area contributed by atoms with Crippen LogP contribution >= 0.6 is 51.2 Å². The zero-order valence-electron chi connectivity index (χ0n) is 15.5. The first-order valence-corrected chi connectivity index (χ1v) is 9.31. The fourth-order valence-corrected chi connectivity index (χ4v) is 3.19. The van der Waals surface area contributed by atoms with Crippen LogP contribution in [0.1, 0.15) is 39.5 Å². The molecule has 1 heterocycles. The van der Waals surface area contributed by atoms with Crippen LogP contribution in [0.4, 0.5) is 4.79 Å². The number of rotatable bonds is 5. The van der Waals surface area contributed by atoms with Gasteiger partial charge in [0.2, 0.25) is 0 Å². The van der Waals surface area contributed by atoms with Crippen molar-refractivity contribution in [2.45, 2.75) is 52.3 Å². The third-order valence-corrected chi connectivity index (χ3v) is 4.44. The minimum absolute atomic E-state index is 0. The first-order chi connectivity index (χ1) is 11.0. The van der Waals surface area contributed by atoms with E-state index in [0.717, 1.165) is 3.79 Å². The molecule has 0 saturated carbocycles. The van der Waals surface area contributed by atoms with Crippen molar-refractivity contribution >= 4 is 63.3 Å². The normalized spacial score (nSPS) is 12.2. The lowest BCUT2D eigenvalue weighted by Crippen LogP contribution is -2.54. The predicted octanol–water partition coefficient (Wildman–Crippen LogP) is 4.10. The summed E-state index contributed by atoms with van der Waals surface area (Å²) < 4.78 is 6.39. The van der Waals surface area contributed by atoms with Gasteiger partial charge in [-0.3, -0.25) is 4.99 Å². The molecule has 9 heteroatoms. The van der Waals surface area contributed by atoms with E-state index in [1.165, 1.54) is 4.88 Å². The second kappa shape index (κ2) is 10.6. The molecule has 0 atom stereocenters. The predicted molar refractivity (Wildman–Crippen MR) is 119 cm³/mol. The van der Waals surface area contributed by atoms with Crippen molar-refractivity contribution in [1.82, 2.24) is 16.0 Å². The Balaban J connectivity index is 0.00000576. The number of halogens is 2. The Kier molecular flexibility index (Phi) is 10.3. The zero-order chi connectivity index (χ0) is 18.4. The van der Waals surface area contributed by atoms with E-state index >= 15 is 0 Å². The average Bonchev–Trinajstić information content (AvgIpc) is 2.81. The summed E-state index contributed by atoms with van der Waals surface area (Å²) in [4.78, 5) is 17.3. The van der Waals surface area contributed by atoms with Gasteiger partial charge in [-0.2, -0.15) is 0 Å². The largest absolute Gasteiger partial charge is 0.444 e. The van der Waals surface area contributed by atoms with Gasteiger partial charge in [-0.1, -0.05) is 0 Å². The molecule has 1 aromatic heterocycles. The number of amides is 1. The summed E-state index contributed by atoms with van der Waals surface area (Å²) in [5.74, 6) is 0.679. The highest BCUT2D eigenvalue weighted by atomic mass is 127. The van der Waals surface area contributed by atoms with E-state index in [9.17, 15) is 4.79 Å². The van der Waals surface area contributed by atoms with E-state index in [-0.39, 0.29) is 24.0 Å². The van der Waals surface area contributed by atoms with Crippen LogP contribution in [0.2, 0.25) is 0 Å². The lowest BCUT2D eigenvalue weighted by molar-refractivity contribution is 0.0474. The topological polar surface area (TPSA) is 74.8 Å². The number of aliphatic imine (C=N–C) groups is 1. The van der Waals surface area contributed by atoms with E-state index in [4.69, 9.17) is 4.74 Å². The summed E-state index contributed by atoms with van der Waals surface area (Å²) in [6, 6.07) is 4.08. The van der Waals surface area contributed by atoms with E-state index in [1.54, 1.807) is 18.4 Å². The lowest BCUT2D eigenvalue weighted by atomic mass is 10.1. The molecular formula is C16H28BrIN4O2S. The Labute approximate surface area is 179 Å². The number of carbonyl (C=O) groups excluding carboxylic acids is 1. The van der Waals surface area contributed by atoms with Crippen molar-refractivity contribution in [3.05, 3.63) is 20.8 Å². The fraction of sp³-hybridized carbons (Fsp3) is 0.625. The SMILES string of the molecule is CN=C(NCc1ccc(Br)s1)NCC(C)(C)NC(=O)OC(C)(C)C.I. The number of hydrogen-bond donors (Lipinski definition) is 3. The van der Waals surface area contributed by atoms with Gasteiger partial charge in [-0.05, 0) is 62.7 Å². The summed E-state index contributed by atoms with van der Waals surface area (Å²) in [7, 11) is 1.72. The number of thiophene rings is 1. The van der Waals surface area contributed by atoms with Crippen LogP contribution in [0.5, 0.6) is 0 Å².